The van der Waals surface area contributed by atoms with Crippen molar-refractivity contribution < 1.29 is 0 Å². The molecule has 0 aromatic heterocycles. The first kappa shape index (κ1) is 9.96. The molecule has 1 aliphatic rings. The largest absolute Gasteiger partial charge is 0.318 e. The zero-order valence-electron chi connectivity index (χ0n) is 8.05. The molecule has 0 aromatic carbocycles. The van der Waals surface area contributed by atoms with Gasteiger partial charge in [0.05, 0.1) is 0 Å². The smallest absolute Gasteiger partial charge is 0.0428 e. The van der Waals surface area contributed by atoms with Gasteiger partial charge in [-0.3, -0.25) is 0 Å². The Balaban J connectivity index is 2.01. The molecule has 1 aliphatic heterocycles. The number of piperidine rings is 1. The van der Waals surface area contributed by atoms with Gasteiger partial charge in [0.15, 0.2) is 0 Å². The zero-order chi connectivity index (χ0) is 8.81. The minimum absolute atomic E-state index is 0.618. The Labute approximate surface area is 75.3 Å². The van der Waals surface area contributed by atoms with Crippen molar-refractivity contribution in [3.8, 4) is 0 Å². The van der Waals surface area contributed by atoms with Gasteiger partial charge in [0.2, 0.25) is 0 Å². The van der Waals surface area contributed by atoms with Crippen LogP contribution < -0.4 is 11.1 Å². The van der Waals surface area contributed by atoms with Crippen LogP contribution in [0.5, 0.6) is 0 Å². The average molecular weight is 171 g/mol. The Bertz CT molecular complexity index is 108. The van der Waals surface area contributed by atoms with Gasteiger partial charge in [-0.1, -0.05) is 0 Å². The second-order valence-electron chi connectivity index (χ2n) is 3.74. The Hall–Kier alpha value is -0.120. The van der Waals surface area contributed by atoms with Crippen LogP contribution in [0.3, 0.4) is 0 Å². The van der Waals surface area contributed by atoms with Gasteiger partial charge in [-0.2, -0.15) is 0 Å². The molecule has 1 fully saturated rings. The van der Waals surface area contributed by atoms with Crippen molar-refractivity contribution in [2.45, 2.75) is 19.3 Å². The van der Waals surface area contributed by atoms with Crippen LogP contribution in [0.25, 0.3) is 0 Å². The lowest BCUT2D eigenvalue weighted by Gasteiger charge is -2.28. The quantitative estimate of drug-likeness (QED) is 0.470. The van der Waals surface area contributed by atoms with E-state index in [1.165, 1.54) is 32.4 Å². The molecule has 1 saturated heterocycles. The van der Waals surface area contributed by atoms with Crippen LogP contribution >= 0.6 is 0 Å². The van der Waals surface area contributed by atoms with E-state index >= 15 is 0 Å². The molecule has 0 amide bonds. The van der Waals surface area contributed by atoms with E-state index in [2.05, 4.69) is 17.3 Å². The van der Waals surface area contributed by atoms with E-state index in [4.69, 9.17) is 5.73 Å². The SMILES string of the molecule is CN1CCC(CCNCN)CC1. The number of likely N-dealkylation sites (tertiary alicyclic amines) is 1. The number of nitrogens with two attached hydrogens (primary N) is 1. The van der Waals surface area contributed by atoms with E-state index in [0.717, 1.165) is 12.5 Å². The molecule has 1 rings (SSSR count). The molecule has 72 valence electrons. The van der Waals surface area contributed by atoms with Crippen molar-refractivity contribution in [2.24, 2.45) is 11.7 Å². The van der Waals surface area contributed by atoms with Crippen molar-refractivity contribution >= 4 is 0 Å². The molecular weight excluding hydrogens is 150 g/mol. The van der Waals surface area contributed by atoms with E-state index < -0.39 is 0 Å². The van der Waals surface area contributed by atoms with Gasteiger partial charge < -0.3 is 16.0 Å². The maximum Gasteiger partial charge on any atom is 0.0428 e. The van der Waals surface area contributed by atoms with Crippen molar-refractivity contribution in [3.63, 3.8) is 0 Å². The third-order valence-corrected chi connectivity index (χ3v) is 2.71. The summed E-state index contributed by atoms with van der Waals surface area (Å²) in [5.41, 5.74) is 5.35. The maximum absolute atomic E-state index is 5.35. The van der Waals surface area contributed by atoms with Gasteiger partial charge in [-0.05, 0) is 51.9 Å². The fourth-order valence-electron chi connectivity index (χ4n) is 1.76. The van der Waals surface area contributed by atoms with E-state index in [0.29, 0.717) is 6.67 Å². The highest BCUT2D eigenvalue weighted by Crippen LogP contribution is 2.18. The Morgan fingerprint density at radius 1 is 1.42 bits per heavy atom. The molecule has 0 bridgehead atoms. The normalized spacial score (nSPS) is 21.5. The molecule has 0 aromatic rings. The van der Waals surface area contributed by atoms with Crippen LogP contribution in [0.1, 0.15) is 19.3 Å². The van der Waals surface area contributed by atoms with Crippen molar-refractivity contribution in [3.05, 3.63) is 0 Å². The third kappa shape index (κ3) is 3.52. The molecule has 3 nitrogen and oxygen atoms in total. The lowest BCUT2D eigenvalue weighted by Crippen LogP contribution is -2.32. The number of rotatable bonds is 4. The van der Waals surface area contributed by atoms with Gasteiger partial charge in [0.1, 0.15) is 0 Å². The van der Waals surface area contributed by atoms with Crippen LogP contribution in [0.2, 0.25) is 0 Å². The molecule has 3 heteroatoms. The van der Waals surface area contributed by atoms with Gasteiger partial charge in [-0.25, -0.2) is 0 Å². The maximum atomic E-state index is 5.35. The summed E-state index contributed by atoms with van der Waals surface area (Å²) in [6, 6.07) is 0. The van der Waals surface area contributed by atoms with Gasteiger partial charge in [0, 0.05) is 6.67 Å². The van der Waals surface area contributed by atoms with Crippen LogP contribution in [-0.2, 0) is 0 Å². The highest BCUT2D eigenvalue weighted by atomic mass is 15.1. The van der Waals surface area contributed by atoms with Gasteiger partial charge in [0.25, 0.3) is 0 Å². The van der Waals surface area contributed by atoms with Crippen molar-refractivity contribution in [1.82, 2.24) is 10.2 Å². The Morgan fingerprint density at radius 3 is 2.67 bits per heavy atom. The van der Waals surface area contributed by atoms with E-state index in [9.17, 15) is 0 Å². The molecule has 1 heterocycles. The summed E-state index contributed by atoms with van der Waals surface area (Å²) in [5.74, 6) is 0.931. The number of hydrogen-bond donors (Lipinski definition) is 2. The molecule has 0 aliphatic carbocycles. The fourth-order valence-corrected chi connectivity index (χ4v) is 1.76. The van der Waals surface area contributed by atoms with Crippen LogP contribution in [0.4, 0.5) is 0 Å². The standard InChI is InChI=1S/C9H21N3/c1-12-6-3-9(4-7-12)2-5-11-8-10/h9,11H,2-8,10H2,1H3. The van der Waals surface area contributed by atoms with E-state index in [1.807, 2.05) is 0 Å². The molecule has 0 spiro atoms. The van der Waals surface area contributed by atoms with E-state index in [1.54, 1.807) is 0 Å². The second-order valence-corrected chi connectivity index (χ2v) is 3.74. The molecule has 0 saturated carbocycles. The minimum atomic E-state index is 0.618. The molecular formula is C9H21N3. The molecule has 0 unspecified atom stereocenters. The first-order chi connectivity index (χ1) is 5.83. The first-order valence-electron chi connectivity index (χ1n) is 4.92. The summed E-state index contributed by atoms with van der Waals surface area (Å²) >= 11 is 0. The number of hydrogen-bond acceptors (Lipinski definition) is 3. The highest BCUT2D eigenvalue weighted by molar-refractivity contribution is 4.70. The second kappa shape index (κ2) is 5.51. The summed E-state index contributed by atoms with van der Waals surface area (Å²) in [6.07, 6.45) is 4.02. The summed E-state index contributed by atoms with van der Waals surface area (Å²) in [4.78, 5) is 2.41. The summed E-state index contributed by atoms with van der Waals surface area (Å²) < 4.78 is 0. The Morgan fingerprint density at radius 2 is 2.08 bits per heavy atom. The Kier molecular flexibility index (Phi) is 4.58. The molecule has 3 N–H and O–H groups in total. The lowest BCUT2D eigenvalue weighted by atomic mass is 9.94. The summed E-state index contributed by atoms with van der Waals surface area (Å²) in [6.45, 7) is 4.25. The first-order valence-corrected chi connectivity index (χ1v) is 4.92. The van der Waals surface area contributed by atoms with Crippen LogP contribution in [0, 0.1) is 5.92 Å². The zero-order valence-corrected chi connectivity index (χ0v) is 8.05. The van der Waals surface area contributed by atoms with E-state index in [-0.39, 0.29) is 0 Å². The molecule has 0 radical (unpaired) electrons. The number of nitrogens with zero attached hydrogens (tertiary/aromatic N) is 1. The average Bonchev–Trinajstić information content (AvgIpc) is 2.09. The predicted molar refractivity (Wildman–Crippen MR) is 51.9 cm³/mol. The summed E-state index contributed by atoms with van der Waals surface area (Å²) in [5, 5.41) is 3.17. The van der Waals surface area contributed by atoms with Crippen molar-refractivity contribution in [2.75, 3.05) is 33.4 Å². The van der Waals surface area contributed by atoms with Crippen LogP contribution in [0.15, 0.2) is 0 Å². The number of nitrogens with one attached hydrogen (secondary N) is 1. The summed E-state index contributed by atoms with van der Waals surface area (Å²) in [7, 11) is 2.20. The van der Waals surface area contributed by atoms with Crippen LogP contribution in [-0.4, -0.2) is 38.3 Å². The van der Waals surface area contributed by atoms with Crippen molar-refractivity contribution in [1.29, 1.82) is 0 Å². The highest BCUT2D eigenvalue weighted by Gasteiger charge is 2.15. The van der Waals surface area contributed by atoms with Gasteiger partial charge in [-0.15, -0.1) is 0 Å². The predicted octanol–water partition coefficient (Wildman–Crippen LogP) is 0.224. The fraction of sp³-hybridized carbons (Fsp3) is 1.00. The third-order valence-electron chi connectivity index (χ3n) is 2.71. The molecule has 0 atom stereocenters. The topological polar surface area (TPSA) is 41.3 Å². The lowest BCUT2D eigenvalue weighted by molar-refractivity contribution is 0.212. The van der Waals surface area contributed by atoms with Gasteiger partial charge >= 0.3 is 0 Å². The molecule has 12 heavy (non-hydrogen) atoms. The minimum Gasteiger partial charge on any atom is -0.318 e. The monoisotopic (exact) mass is 171 g/mol.